The molecule has 0 fully saturated rings. The van der Waals surface area contributed by atoms with E-state index in [4.69, 9.17) is 5.11 Å². The summed E-state index contributed by atoms with van der Waals surface area (Å²) < 4.78 is 0. The first-order valence-electron chi connectivity index (χ1n) is 7.55. The summed E-state index contributed by atoms with van der Waals surface area (Å²) in [5.41, 5.74) is 3.29. The topological polar surface area (TPSA) is 37.3 Å². The van der Waals surface area contributed by atoms with Gasteiger partial charge in [0.05, 0.1) is 0 Å². The molecule has 0 aromatic heterocycles. The van der Waals surface area contributed by atoms with Gasteiger partial charge < -0.3 is 5.11 Å². The average Bonchev–Trinajstić information content (AvgIpc) is 3.25. The van der Waals surface area contributed by atoms with Gasteiger partial charge in [0, 0.05) is 11.5 Å². The fourth-order valence-corrected chi connectivity index (χ4v) is 3.52. The van der Waals surface area contributed by atoms with E-state index in [2.05, 4.69) is 54.6 Å². The summed E-state index contributed by atoms with van der Waals surface area (Å²) in [6.07, 6.45) is 11.3. The number of carboxylic acids is 1. The summed E-state index contributed by atoms with van der Waals surface area (Å²) >= 11 is 0. The van der Waals surface area contributed by atoms with Gasteiger partial charge in [-0.15, -0.1) is 0 Å². The lowest BCUT2D eigenvalue weighted by Gasteiger charge is -2.01. The van der Waals surface area contributed by atoms with E-state index in [1.165, 1.54) is 21.9 Å². The first-order valence-corrected chi connectivity index (χ1v) is 7.55. The molecule has 0 heterocycles. The van der Waals surface area contributed by atoms with Crippen molar-refractivity contribution in [1.29, 1.82) is 0 Å². The monoisotopic (exact) mass is 288 g/mol. The fourth-order valence-electron chi connectivity index (χ4n) is 3.52. The van der Waals surface area contributed by atoms with E-state index >= 15 is 0 Å². The molecule has 2 bridgehead atoms. The van der Waals surface area contributed by atoms with E-state index in [-0.39, 0.29) is 5.92 Å². The number of carboxylic acid groups (broad SMARTS) is 1. The van der Waals surface area contributed by atoms with Crippen molar-refractivity contribution in [3.8, 4) is 0 Å². The smallest absolute Gasteiger partial charge is 0.331 e. The summed E-state index contributed by atoms with van der Waals surface area (Å²) in [4.78, 5) is 10.5. The normalized spacial score (nSPS) is 22.6. The van der Waals surface area contributed by atoms with Crippen LogP contribution in [0.3, 0.4) is 0 Å². The van der Waals surface area contributed by atoms with Crippen LogP contribution in [0.25, 0.3) is 22.9 Å². The van der Waals surface area contributed by atoms with Crippen LogP contribution < -0.4 is 0 Å². The molecule has 5 rings (SSSR count). The highest BCUT2D eigenvalue weighted by Crippen LogP contribution is 2.38. The molecule has 3 aliphatic rings. The Bertz CT molecular complexity index is 814. The number of hydrogen-bond acceptors (Lipinski definition) is 1. The number of allylic oxidation sites excluding steroid dienone is 3. The van der Waals surface area contributed by atoms with Crippen LogP contribution in [0.15, 0.2) is 60.2 Å². The van der Waals surface area contributed by atoms with E-state index in [9.17, 15) is 4.79 Å². The molecule has 0 aliphatic heterocycles. The van der Waals surface area contributed by atoms with Crippen molar-refractivity contribution in [1.82, 2.24) is 0 Å². The second-order valence-electron chi connectivity index (χ2n) is 5.94. The number of aliphatic carboxylic acids is 1. The predicted octanol–water partition coefficient (Wildman–Crippen LogP) is 4.53. The van der Waals surface area contributed by atoms with Crippen molar-refractivity contribution in [2.45, 2.75) is 6.42 Å². The second kappa shape index (κ2) is 4.99. The fraction of sp³-hybridized carbons (Fsp3) is 0.150. The van der Waals surface area contributed by atoms with E-state index in [0.717, 1.165) is 6.42 Å². The predicted molar refractivity (Wildman–Crippen MR) is 89.3 cm³/mol. The third kappa shape index (κ3) is 2.08. The van der Waals surface area contributed by atoms with Crippen LogP contribution in [0, 0.1) is 11.8 Å². The lowest BCUT2D eigenvalue weighted by atomic mass is 10.0. The molecule has 1 N–H and O–H groups in total. The number of hydrogen-bond donors (Lipinski definition) is 1. The van der Waals surface area contributed by atoms with Crippen LogP contribution in [0.4, 0.5) is 0 Å². The summed E-state index contributed by atoms with van der Waals surface area (Å²) in [6.45, 7) is 0. The van der Waals surface area contributed by atoms with Gasteiger partial charge in [-0.25, -0.2) is 4.79 Å². The van der Waals surface area contributed by atoms with Gasteiger partial charge in [0.15, 0.2) is 0 Å². The van der Waals surface area contributed by atoms with E-state index in [1.807, 2.05) is 12.2 Å². The van der Waals surface area contributed by atoms with Crippen LogP contribution in [-0.2, 0) is 4.79 Å². The molecular formula is C20H16O2. The third-order valence-electron chi connectivity index (χ3n) is 4.57. The highest BCUT2D eigenvalue weighted by Gasteiger charge is 2.31. The standard InChI is InChI=1S/C12H8.C8H8O2/c1-3-9-4-2-6-11-8-7-10(5-1)12(9)11;9-8(10)7-4-5-1-2-6(7)3-5/h1-8H;1-2,4-6H,3H2,(H,9,10). The van der Waals surface area contributed by atoms with Crippen LogP contribution in [0.5, 0.6) is 0 Å². The van der Waals surface area contributed by atoms with Crippen molar-refractivity contribution in [2.24, 2.45) is 11.8 Å². The van der Waals surface area contributed by atoms with E-state index < -0.39 is 5.97 Å². The molecule has 0 spiro atoms. The quantitative estimate of drug-likeness (QED) is 0.668. The molecule has 2 aromatic carbocycles. The van der Waals surface area contributed by atoms with Gasteiger partial charge in [-0.2, -0.15) is 0 Å². The molecule has 108 valence electrons. The zero-order valence-corrected chi connectivity index (χ0v) is 12.1. The van der Waals surface area contributed by atoms with Crippen molar-refractivity contribution < 1.29 is 9.90 Å². The summed E-state index contributed by atoms with van der Waals surface area (Å²) in [5, 5.41) is 11.4. The van der Waals surface area contributed by atoms with Gasteiger partial charge in [-0.3, -0.25) is 0 Å². The van der Waals surface area contributed by atoms with Gasteiger partial charge >= 0.3 is 5.97 Å². The molecule has 2 atom stereocenters. The largest absolute Gasteiger partial charge is 0.478 e. The minimum absolute atomic E-state index is 0.211. The molecule has 2 unspecified atom stereocenters. The van der Waals surface area contributed by atoms with Crippen molar-refractivity contribution in [2.75, 3.05) is 0 Å². The molecule has 0 radical (unpaired) electrons. The lowest BCUT2D eigenvalue weighted by molar-refractivity contribution is -0.133. The lowest BCUT2D eigenvalue weighted by Crippen LogP contribution is -2.05. The minimum atomic E-state index is -0.753. The summed E-state index contributed by atoms with van der Waals surface area (Å²) in [5.74, 6) is -0.129. The Balaban J connectivity index is 0.000000116. The van der Waals surface area contributed by atoms with Gasteiger partial charge in [0.25, 0.3) is 0 Å². The molecule has 3 aliphatic carbocycles. The van der Waals surface area contributed by atoms with Crippen LogP contribution >= 0.6 is 0 Å². The van der Waals surface area contributed by atoms with Crippen LogP contribution in [0.1, 0.15) is 17.5 Å². The average molecular weight is 288 g/mol. The Labute approximate surface area is 129 Å². The second-order valence-corrected chi connectivity index (χ2v) is 5.94. The van der Waals surface area contributed by atoms with Crippen LogP contribution in [-0.4, -0.2) is 11.1 Å². The van der Waals surface area contributed by atoms with Crippen molar-refractivity contribution >= 4 is 28.9 Å². The Hall–Kier alpha value is -2.61. The molecule has 2 nitrogen and oxygen atoms in total. The molecule has 0 saturated heterocycles. The number of benzene rings is 2. The molecule has 22 heavy (non-hydrogen) atoms. The number of carbonyl (C=O) groups is 1. The first-order chi connectivity index (χ1) is 10.7. The van der Waals surface area contributed by atoms with Crippen LogP contribution in [0.2, 0.25) is 0 Å². The SMILES string of the molecule is C1=Cc2cccc3cccc1c23.O=C(O)C1=CC2C=CC1C2. The highest BCUT2D eigenvalue weighted by molar-refractivity contribution is 6.04. The third-order valence-corrected chi connectivity index (χ3v) is 4.57. The van der Waals surface area contributed by atoms with E-state index in [0.29, 0.717) is 11.5 Å². The Morgan fingerprint density at radius 3 is 2.14 bits per heavy atom. The highest BCUT2D eigenvalue weighted by atomic mass is 16.4. The van der Waals surface area contributed by atoms with Gasteiger partial charge in [0.2, 0.25) is 0 Å². The minimum Gasteiger partial charge on any atom is -0.478 e. The van der Waals surface area contributed by atoms with Gasteiger partial charge in [0.1, 0.15) is 0 Å². The molecule has 2 heteroatoms. The number of fused-ring (bicyclic) bond motifs is 2. The van der Waals surface area contributed by atoms with Gasteiger partial charge in [-0.1, -0.05) is 66.8 Å². The van der Waals surface area contributed by atoms with Crippen molar-refractivity contribution in [3.05, 3.63) is 71.3 Å². The molecular weight excluding hydrogens is 272 g/mol. The van der Waals surface area contributed by atoms with E-state index in [1.54, 1.807) is 0 Å². The summed E-state index contributed by atoms with van der Waals surface area (Å²) in [7, 11) is 0. The molecule has 2 aromatic rings. The Morgan fingerprint density at radius 2 is 1.68 bits per heavy atom. The van der Waals surface area contributed by atoms with Gasteiger partial charge in [-0.05, 0) is 34.2 Å². The zero-order valence-electron chi connectivity index (χ0n) is 12.1. The Morgan fingerprint density at radius 1 is 1.00 bits per heavy atom. The van der Waals surface area contributed by atoms with Crippen molar-refractivity contribution in [3.63, 3.8) is 0 Å². The first kappa shape index (κ1) is 13.1. The Kier molecular flexibility index (Phi) is 2.97. The maximum atomic E-state index is 10.5. The molecule has 0 saturated carbocycles. The maximum absolute atomic E-state index is 10.5. The zero-order chi connectivity index (χ0) is 15.1. The summed E-state index contributed by atoms with van der Waals surface area (Å²) in [6, 6.07) is 12.9. The number of rotatable bonds is 1. The molecule has 0 amide bonds. The maximum Gasteiger partial charge on any atom is 0.331 e.